The molecule has 24 heavy (non-hydrogen) atoms. The summed E-state index contributed by atoms with van der Waals surface area (Å²) >= 11 is 0. The summed E-state index contributed by atoms with van der Waals surface area (Å²) in [6, 6.07) is 6.21. The number of halogens is 1. The van der Waals surface area contributed by atoms with Crippen molar-refractivity contribution < 1.29 is 4.74 Å². The van der Waals surface area contributed by atoms with Crippen LogP contribution in [0.4, 0.5) is 5.69 Å². The van der Waals surface area contributed by atoms with Gasteiger partial charge in [0, 0.05) is 31.9 Å². The monoisotopic (exact) mass is 446 g/mol. The molecule has 0 amide bonds. The third kappa shape index (κ3) is 6.94. The van der Waals surface area contributed by atoms with E-state index in [-0.39, 0.29) is 24.0 Å². The number of nitrogens with two attached hydrogens (primary N) is 1. The van der Waals surface area contributed by atoms with Crippen molar-refractivity contribution in [1.29, 1.82) is 0 Å². The van der Waals surface area contributed by atoms with Crippen molar-refractivity contribution in [3.05, 3.63) is 29.3 Å². The van der Waals surface area contributed by atoms with Gasteiger partial charge in [-0.1, -0.05) is 6.07 Å². The van der Waals surface area contributed by atoms with E-state index in [4.69, 9.17) is 10.5 Å². The molecule has 0 bridgehead atoms. The highest BCUT2D eigenvalue weighted by molar-refractivity contribution is 14.0. The van der Waals surface area contributed by atoms with E-state index in [1.165, 1.54) is 11.1 Å². The lowest BCUT2D eigenvalue weighted by molar-refractivity contribution is -0.0679. The second-order valence-corrected chi connectivity index (χ2v) is 6.56. The molecule has 1 aromatic carbocycles. The van der Waals surface area contributed by atoms with Crippen LogP contribution in [0.3, 0.4) is 0 Å². The second kappa shape index (κ2) is 10.2. The zero-order valence-corrected chi connectivity index (χ0v) is 17.5. The van der Waals surface area contributed by atoms with Crippen LogP contribution in [0.2, 0.25) is 0 Å². The summed E-state index contributed by atoms with van der Waals surface area (Å²) < 4.78 is 5.75. The molecule has 1 saturated heterocycles. The van der Waals surface area contributed by atoms with Crippen molar-refractivity contribution in [2.24, 2.45) is 10.7 Å². The van der Waals surface area contributed by atoms with Crippen LogP contribution in [-0.4, -0.2) is 49.2 Å². The summed E-state index contributed by atoms with van der Waals surface area (Å²) in [7, 11) is 0. The number of hydrogen-bond acceptors (Lipinski definition) is 3. The number of anilines is 1. The Kier molecular flexibility index (Phi) is 9.01. The molecule has 5 nitrogen and oxygen atoms in total. The van der Waals surface area contributed by atoms with Gasteiger partial charge in [-0.25, -0.2) is 0 Å². The van der Waals surface area contributed by atoms with E-state index >= 15 is 0 Å². The van der Waals surface area contributed by atoms with E-state index in [0.717, 1.165) is 38.3 Å². The molecule has 1 fully saturated rings. The van der Waals surface area contributed by atoms with Gasteiger partial charge < -0.3 is 15.8 Å². The maximum Gasteiger partial charge on any atom is 0.193 e. The fourth-order valence-corrected chi connectivity index (χ4v) is 2.97. The molecule has 0 aromatic heterocycles. The molecule has 3 N–H and O–H groups in total. The molecule has 136 valence electrons. The number of guanidine groups is 1. The molecule has 2 unspecified atom stereocenters. The van der Waals surface area contributed by atoms with E-state index in [2.05, 4.69) is 55.0 Å². The van der Waals surface area contributed by atoms with Gasteiger partial charge in [0.25, 0.3) is 0 Å². The van der Waals surface area contributed by atoms with E-state index in [1.54, 1.807) is 0 Å². The number of nitrogens with one attached hydrogen (secondary N) is 1. The Bertz CT molecular complexity index is 540. The predicted octanol–water partition coefficient (Wildman–Crippen LogP) is 3.15. The van der Waals surface area contributed by atoms with Crippen molar-refractivity contribution >= 4 is 35.6 Å². The van der Waals surface area contributed by atoms with Crippen LogP contribution in [0.5, 0.6) is 0 Å². The van der Waals surface area contributed by atoms with Crippen LogP contribution in [0.25, 0.3) is 0 Å². The smallest absolute Gasteiger partial charge is 0.193 e. The van der Waals surface area contributed by atoms with Crippen LogP contribution in [0.1, 0.15) is 31.4 Å². The van der Waals surface area contributed by atoms with Crippen molar-refractivity contribution in [3.63, 3.8) is 0 Å². The van der Waals surface area contributed by atoms with Gasteiger partial charge in [-0.3, -0.25) is 9.89 Å². The second-order valence-electron chi connectivity index (χ2n) is 6.56. The average Bonchev–Trinajstić information content (AvgIpc) is 2.46. The molecule has 1 heterocycles. The normalized spacial score (nSPS) is 22.1. The fraction of sp³-hybridized carbons (Fsp3) is 0.611. The quantitative estimate of drug-likeness (QED) is 0.316. The Labute approximate surface area is 163 Å². The molecule has 1 aromatic rings. The van der Waals surface area contributed by atoms with Crippen molar-refractivity contribution in [1.82, 2.24) is 4.90 Å². The zero-order valence-electron chi connectivity index (χ0n) is 15.2. The van der Waals surface area contributed by atoms with Crippen molar-refractivity contribution in [3.8, 4) is 0 Å². The molecule has 1 aliphatic rings. The summed E-state index contributed by atoms with van der Waals surface area (Å²) in [5, 5.41) is 3.16. The van der Waals surface area contributed by atoms with Gasteiger partial charge >= 0.3 is 0 Å². The van der Waals surface area contributed by atoms with Crippen LogP contribution in [-0.2, 0) is 4.74 Å². The minimum atomic E-state index is 0. The fourth-order valence-electron chi connectivity index (χ4n) is 2.97. The molecule has 0 radical (unpaired) electrons. The Balaban J connectivity index is 0.00000288. The van der Waals surface area contributed by atoms with E-state index in [0.29, 0.717) is 18.2 Å². The lowest BCUT2D eigenvalue weighted by Crippen LogP contribution is -2.45. The van der Waals surface area contributed by atoms with E-state index < -0.39 is 0 Å². The van der Waals surface area contributed by atoms with Gasteiger partial charge in [0.05, 0.1) is 12.2 Å². The van der Waals surface area contributed by atoms with Crippen LogP contribution in [0.15, 0.2) is 23.2 Å². The van der Waals surface area contributed by atoms with Crippen molar-refractivity contribution in [2.75, 3.05) is 31.5 Å². The van der Waals surface area contributed by atoms with E-state index in [1.807, 2.05) is 6.07 Å². The maximum atomic E-state index is 5.96. The van der Waals surface area contributed by atoms with Gasteiger partial charge in [0.15, 0.2) is 5.96 Å². The first-order valence-electron chi connectivity index (χ1n) is 8.46. The van der Waals surface area contributed by atoms with Crippen molar-refractivity contribution in [2.45, 2.75) is 46.3 Å². The summed E-state index contributed by atoms with van der Waals surface area (Å²) in [5.74, 6) is 0.483. The molecule has 0 saturated carbocycles. The first-order valence-corrected chi connectivity index (χ1v) is 8.46. The third-order valence-electron chi connectivity index (χ3n) is 4.19. The zero-order chi connectivity index (χ0) is 16.8. The minimum Gasteiger partial charge on any atom is -0.373 e. The van der Waals surface area contributed by atoms with E-state index in [9.17, 15) is 0 Å². The maximum absolute atomic E-state index is 5.96. The predicted molar refractivity (Wildman–Crippen MR) is 113 cm³/mol. The molecule has 1 aliphatic heterocycles. The molecular weight excluding hydrogens is 415 g/mol. The number of aliphatic imine (C=N–C) groups is 1. The number of morpholine rings is 1. The molecule has 0 aliphatic carbocycles. The number of hydrogen-bond donors (Lipinski definition) is 2. The van der Waals surface area contributed by atoms with Gasteiger partial charge in [0.1, 0.15) is 0 Å². The Hall–Kier alpha value is -0.860. The highest BCUT2D eigenvalue weighted by Crippen LogP contribution is 2.14. The van der Waals surface area contributed by atoms with Gasteiger partial charge in [-0.2, -0.15) is 0 Å². The molecule has 2 rings (SSSR count). The topological polar surface area (TPSA) is 62.9 Å². The molecule has 0 spiro atoms. The highest BCUT2D eigenvalue weighted by Gasteiger charge is 2.21. The minimum absolute atomic E-state index is 0. The number of aryl methyl sites for hydroxylation is 2. The molecular formula is C18H31IN4O. The van der Waals surface area contributed by atoms with Gasteiger partial charge in [-0.05, 0) is 57.4 Å². The molecule has 2 atom stereocenters. The SMILES string of the molecule is Cc1ccc(NC(N)=NCCCN2CC(C)OC(C)C2)cc1C.I. The average molecular weight is 446 g/mol. The number of benzene rings is 1. The lowest BCUT2D eigenvalue weighted by atomic mass is 10.1. The molecule has 6 heteroatoms. The van der Waals surface area contributed by atoms with Gasteiger partial charge in [-0.15, -0.1) is 24.0 Å². The van der Waals surface area contributed by atoms with Crippen LogP contribution < -0.4 is 11.1 Å². The number of rotatable bonds is 5. The summed E-state index contributed by atoms with van der Waals surface area (Å²) in [5.41, 5.74) is 9.48. The third-order valence-corrected chi connectivity index (χ3v) is 4.19. The van der Waals surface area contributed by atoms with Crippen LogP contribution >= 0.6 is 24.0 Å². The number of nitrogens with zero attached hydrogens (tertiary/aromatic N) is 2. The lowest BCUT2D eigenvalue weighted by Gasteiger charge is -2.35. The van der Waals surface area contributed by atoms with Crippen LogP contribution in [0, 0.1) is 13.8 Å². The first kappa shape index (κ1) is 21.2. The Morgan fingerprint density at radius 2 is 1.92 bits per heavy atom. The summed E-state index contributed by atoms with van der Waals surface area (Å²) in [6.07, 6.45) is 1.65. The first-order chi connectivity index (χ1) is 10.9. The Morgan fingerprint density at radius 3 is 2.54 bits per heavy atom. The standard InChI is InChI=1S/C18H30N4O.HI/c1-13-6-7-17(10-14(13)2)21-18(19)20-8-5-9-22-11-15(3)23-16(4)12-22;/h6-7,10,15-16H,5,8-9,11-12H2,1-4H3,(H3,19,20,21);1H. The highest BCUT2D eigenvalue weighted by atomic mass is 127. The summed E-state index contributed by atoms with van der Waals surface area (Å²) in [6.45, 7) is 12.2. The van der Waals surface area contributed by atoms with Gasteiger partial charge in [0.2, 0.25) is 0 Å². The Morgan fingerprint density at radius 1 is 1.25 bits per heavy atom. The summed E-state index contributed by atoms with van der Waals surface area (Å²) in [4.78, 5) is 6.87. The largest absolute Gasteiger partial charge is 0.373 e. The number of ether oxygens (including phenoxy) is 1.